The molecule has 1 N–H and O–H groups in total. The third kappa shape index (κ3) is 2.69. The summed E-state index contributed by atoms with van der Waals surface area (Å²) in [4.78, 5) is 10.3. The van der Waals surface area contributed by atoms with Crippen LogP contribution in [-0.4, -0.2) is 11.4 Å². The molecule has 0 amide bonds. The van der Waals surface area contributed by atoms with E-state index < -0.39 is 41.1 Å². The van der Waals surface area contributed by atoms with Gasteiger partial charge in [0.2, 0.25) is 0 Å². The summed E-state index contributed by atoms with van der Waals surface area (Å²) in [6.45, 7) is 0. The second-order valence-corrected chi connectivity index (χ2v) is 3.07. The lowest BCUT2D eigenvalue weighted by molar-refractivity contribution is -0.142. The summed E-state index contributed by atoms with van der Waals surface area (Å²) in [5.41, 5.74) is -4.56. The smallest absolute Gasteiger partial charge is 0.420 e. The minimum atomic E-state index is -5.11. The highest BCUT2D eigenvalue weighted by atomic mass is 19.4. The first-order valence-corrected chi connectivity index (χ1v) is 4.04. The van der Waals surface area contributed by atoms with Gasteiger partial charge in [0.05, 0.1) is 5.56 Å². The van der Waals surface area contributed by atoms with Crippen molar-refractivity contribution in [1.29, 1.82) is 0 Å². The van der Waals surface area contributed by atoms with Crippen molar-refractivity contribution < 1.29 is 36.2 Å². The van der Waals surface area contributed by atoms with E-state index >= 15 is 0 Å². The SMILES string of the molecule is O=Cc1cc(C(F)(F)F)cc(O)c1C(F)(F)F. The van der Waals surface area contributed by atoms with Crippen molar-refractivity contribution >= 4 is 6.29 Å². The molecule has 0 atom stereocenters. The summed E-state index contributed by atoms with van der Waals surface area (Å²) in [6, 6.07) is -0.0363. The number of carbonyl (C=O) groups is 1. The molecule has 0 unspecified atom stereocenters. The van der Waals surface area contributed by atoms with E-state index in [1.807, 2.05) is 0 Å². The maximum atomic E-state index is 12.3. The Hall–Kier alpha value is -1.73. The fourth-order valence-corrected chi connectivity index (χ4v) is 1.21. The average molecular weight is 258 g/mol. The molecule has 1 aromatic carbocycles. The molecule has 94 valence electrons. The Kier molecular flexibility index (Phi) is 3.09. The topological polar surface area (TPSA) is 37.3 Å². The molecule has 0 saturated heterocycles. The van der Waals surface area contributed by atoms with Crippen LogP contribution in [-0.2, 0) is 12.4 Å². The molecule has 0 fully saturated rings. The van der Waals surface area contributed by atoms with Crippen molar-refractivity contribution in [2.75, 3.05) is 0 Å². The van der Waals surface area contributed by atoms with Crippen molar-refractivity contribution in [2.24, 2.45) is 0 Å². The van der Waals surface area contributed by atoms with Crippen LogP contribution in [0.15, 0.2) is 12.1 Å². The van der Waals surface area contributed by atoms with Crippen molar-refractivity contribution in [3.05, 3.63) is 28.8 Å². The highest BCUT2D eigenvalue weighted by Crippen LogP contribution is 2.41. The number of alkyl halides is 6. The van der Waals surface area contributed by atoms with E-state index in [9.17, 15) is 31.1 Å². The molecule has 1 rings (SSSR count). The number of hydrogen-bond acceptors (Lipinski definition) is 2. The van der Waals surface area contributed by atoms with Crippen LogP contribution < -0.4 is 0 Å². The molecule has 2 nitrogen and oxygen atoms in total. The summed E-state index contributed by atoms with van der Waals surface area (Å²) in [7, 11) is 0. The first kappa shape index (κ1) is 13.3. The van der Waals surface area contributed by atoms with Crippen LogP contribution >= 0.6 is 0 Å². The van der Waals surface area contributed by atoms with Crippen molar-refractivity contribution in [3.63, 3.8) is 0 Å². The Labute approximate surface area is 90.5 Å². The quantitative estimate of drug-likeness (QED) is 0.620. The van der Waals surface area contributed by atoms with E-state index in [2.05, 4.69) is 0 Å². The van der Waals surface area contributed by atoms with Gasteiger partial charge in [-0.05, 0) is 12.1 Å². The van der Waals surface area contributed by atoms with Crippen LogP contribution in [0.5, 0.6) is 5.75 Å². The van der Waals surface area contributed by atoms with Crippen LogP contribution in [0.2, 0.25) is 0 Å². The Morgan fingerprint density at radius 1 is 1.00 bits per heavy atom. The van der Waals surface area contributed by atoms with Crippen LogP contribution in [0.25, 0.3) is 0 Å². The van der Waals surface area contributed by atoms with Crippen LogP contribution in [0.4, 0.5) is 26.3 Å². The lowest BCUT2D eigenvalue weighted by atomic mass is 10.0. The fraction of sp³-hybridized carbons (Fsp3) is 0.222. The van der Waals surface area contributed by atoms with Gasteiger partial charge in [0.15, 0.2) is 6.29 Å². The van der Waals surface area contributed by atoms with Gasteiger partial charge in [-0.2, -0.15) is 26.3 Å². The van der Waals surface area contributed by atoms with Gasteiger partial charge in [-0.25, -0.2) is 0 Å². The molecule has 0 aliphatic carbocycles. The predicted octanol–water partition coefficient (Wildman–Crippen LogP) is 3.24. The number of phenolic OH excluding ortho intramolecular Hbond substituents is 1. The number of halogens is 6. The lowest BCUT2D eigenvalue weighted by Crippen LogP contribution is -2.13. The molecule has 0 aliphatic rings. The molecule has 1 aromatic rings. The third-order valence-electron chi connectivity index (χ3n) is 1.89. The number of aromatic hydroxyl groups is 1. The molecule has 17 heavy (non-hydrogen) atoms. The number of benzene rings is 1. The zero-order valence-corrected chi connectivity index (χ0v) is 7.86. The first-order valence-electron chi connectivity index (χ1n) is 4.04. The van der Waals surface area contributed by atoms with E-state index in [1.54, 1.807) is 0 Å². The maximum absolute atomic E-state index is 12.3. The Morgan fingerprint density at radius 3 is 1.88 bits per heavy atom. The van der Waals surface area contributed by atoms with Crippen molar-refractivity contribution in [1.82, 2.24) is 0 Å². The monoisotopic (exact) mass is 258 g/mol. The largest absolute Gasteiger partial charge is 0.507 e. The molecular formula is C9H4F6O2. The van der Waals surface area contributed by atoms with Crippen molar-refractivity contribution in [2.45, 2.75) is 12.4 Å². The van der Waals surface area contributed by atoms with Crippen LogP contribution in [0.1, 0.15) is 21.5 Å². The Balaban J connectivity index is 3.53. The first-order chi connectivity index (χ1) is 7.57. The van der Waals surface area contributed by atoms with Gasteiger partial charge >= 0.3 is 12.4 Å². The Bertz CT molecular complexity index is 446. The molecule has 8 heteroatoms. The van der Waals surface area contributed by atoms with E-state index in [0.29, 0.717) is 0 Å². The summed E-state index contributed by atoms with van der Waals surface area (Å²) < 4.78 is 73.6. The maximum Gasteiger partial charge on any atom is 0.420 e. The van der Waals surface area contributed by atoms with Gasteiger partial charge < -0.3 is 5.11 Å². The van der Waals surface area contributed by atoms with Crippen LogP contribution in [0, 0.1) is 0 Å². The fourth-order valence-electron chi connectivity index (χ4n) is 1.21. The molecule has 0 spiro atoms. The Morgan fingerprint density at radius 2 is 1.53 bits per heavy atom. The standard InChI is InChI=1S/C9H4F6O2/c10-8(11,12)5-1-4(3-16)7(6(17)2-5)9(13,14)15/h1-3,17H. The van der Waals surface area contributed by atoms with Gasteiger partial charge in [-0.15, -0.1) is 0 Å². The third-order valence-corrected chi connectivity index (χ3v) is 1.89. The summed E-state index contributed by atoms with van der Waals surface area (Å²) >= 11 is 0. The second kappa shape index (κ2) is 3.94. The van der Waals surface area contributed by atoms with Gasteiger partial charge in [0, 0.05) is 5.56 Å². The summed E-state index contributed by atoms with van der Waals surface area (Å²) in [5, 5.41) is 8.92. The van der Waals surface area contributed by atoms with E-state index in [0.717, 1.165) is 0 Å². The summed E-state index contributed by atoms with van der Waals surface area (Å²) in [6.07, 6.45) is -10.4. The van der Waals surface area contributed by atoms with Gasteiger partial charge in [0.25, 0.3) is 0 Å². The minimum Gasteiger partial charge on any atom is -0.507 e. The molecule has 0 aliphatic heterocycles. The number of phenols is 1. The zero-order chi connectivity index (χ0) is 13.4. The molecule has 0 heterocycles. The molecule has 0 radical (unpaired) electrons. The van der Waals surface area contributed by atoms with E-state index in [4.69, 9.17) is 5.11 Å². The van der Waals surface area contributed by atoms with Gasteiger partial charge in [-0.1, -0.05) is 0 Å². The number of hydrogen-bond donors (Lipinski definition) is 1. The minimum absolute atomic E-state index is 0.0372. The number of aldehydes is 1. The molecule has 0 saturated carbocycles. The highest BCUT2D eigenvalue weighted by Gasteiger charge is 2.40. The number of carbonyl (C=O) groups excluding carboxylic acids is 1. The number of rotatable bonds is 1. The molecule has 0 aromatic heterocycles. The molecular weight excluding hydrogens is 254 g/mol. The zero-order valence-electron chi connectivity index (χ0n) is 7.86. The van der Waals surface area contributed by atoms with Gasteiger partial charge in [0.1, 0.15) is 11.3 Å². The highest BCUT2D eigenvalue weighted by molar-refractivity contribution is 5.79. The van der Waals surface area contributed by atoms with E-state index in [1.165, 1.54) is 0 Å². The lowest BCUT2D eigenvalue weighted by Gasteiger charge is -2.14. The second-order valence-electron chi connectivity index (χ2n) is 3.07. The average Bonchev–Trinajstić information content (AvgIpc) is 2.12. The normalized spacial score (nSPS) is 12.6. The van der Waals surface area contributed by atoms with Crippen LogP contribution in [0.3, 0.4) is 0 Å². The predicted molar refractivity (Wildman–Crippen MR) is 43.5 cm³/mol. The summed E-state index contributed by atoms with van der Waals surface area (Å²) in [5.74, 6) is -1.63. The van der Waals surface area contributed by atoms with E-state index in [-0.39, 0.29) is 12.1 Å². The van der Waals surface area contributed by atoms with Gasteiger partial charge in [-0.3, -0.25) is 4.79 Å². The molecule has 0 bridgehead atoms. The van der Waals surface area contributed by atoms with Crippen molar-refractivity contribution in [3.8, 4) is 5.75 Å².